The number of hydrogen-bond acceptors (Lipinski definition) is 4. The first-order chi connectivity index (χ1) is 12.4. The van der Waals surface area contributed by atoms with Crippen LogP contribution in [0, 0.1) is 0 Å². The summed E-state index contributed by atoms with van der Waals surface area (Å²) in [5.41, 5.74) is 1.14. The van der Waals surface area contributed by atoms with E-state index in [1.165, 1.54) is 0 Å². The zero-order valence-corrected chi connectivity index (χ0v) is 16.0. The second kappa shape index (κ2) is 9.94. The van der Waals surface area contributed by atoms with Crippen LogP contribution >= 0.6 is 27.5 Å². The van der Waals surface area contributed by atoms with Crippen molar-refractivity contribution in [2.24, 2.45) is 0 Å². The molecule has 0 heterocycles. The van der Waals surface area contributed by atoms with E-state index in [4.69, 9.17) is 16.3 Å². The highest BCUT2D eigenvalue weighted by molar-refractivity contribution is 9.10. The first-order valence-electron chi connectivity index (χ1n) is 7.69. The van der Waals surface area contributed by atoms with Crippen molar-refractivity contribution in [1.29, 1.82) is 0 Å². The zero-order chi connectivity index (χ0) is 18.9. The van der Waals surface area contributed by atoms with Crippen molar-refractivity contribution in [2.45, 2.75) is 12.8 Å². The van der Waals surface area contributed by atoms with Crippen LogP contribution in [0.15, 0.2) is 53.0 Å². The number of nitrogens with one attached hydrogen (secondary N) is 2. The molecule has 2 rings (SSSR count). The van der Waals surface area contributed by atoms with Crippen molar-refractivity contribution >= 4 is 56.7 Å². The minimum absolute atomic E-state index is 0.0369. The summed E-state index contributed by atoms with van der Waals surface area (Å²) in [6.45, 7) is -0.431. The molecule has 2 amide bonds. The highest BCUT2D eigenvalue weighted by Crippen LogP contribution is 2.15. The lowest BCUT2D eigenvalue weighted by atomic mass is 10.2. The lowest BCUT2D eigenvalue weighted by molar-refractivity contribution is -0.147. The van der Waals surface area contributed by atoms with Crippen LogP contribution in [0.25, 0.3) is 0 Å². The molecule has 0 unspecified atom stereocenters. The van der Waals surface area contributed by atoms with E-state index >= 15 is 0 Å². The molecule has 0 saturated heterocycles. The quantitative estimate of drug-likeness (QED) is 0.639. The molecule has 6 nitrogen and oxygen atoms in total. The number of carbonyl (C=O) groups is 3. The van der Waals surface area contributed by atoms with Crippen LogP contribution in [0.3, 0.4) is 0 Å². The summed E-state index contributed by atoms with van der Waals surface area (Å²) in [6, 6.07) is 13.7. The molecule has 0 aliphatic heterocycles. The van der Waals surface area contributed by atoms with Crippen molar-refractivity contribution in [2.75, 3.05) is 17.2 Å². The summed E-state index contributed by atoms with van der Waals surface area (Å²) < 4.78 is 5.75. The van der Waals surface area contributed by atoms with Gasteiger partial charge in [-0.25, -0.2) is 0 Å². The Morgan fingerprint density at radius 3 is 2.31 bits per heavy atom. The standard InChI is InChI=1S/C18H16BrClN2O4/c19-12-4-6-14(7-5-12)21-16(23)8-9-18(25)26-11-17(24)22-15-3-1-2-13(20)10-15/h1-7,10H,8-9,11H2,(H,21,23)(H,22,24). The number of halogens is 2. The number of carbonyl (C=O) groups excluding carboxylic acids is 3. The van der Waals surface area contributed by atoms with E-state index in [1.54, 1.807) is 48.5 Å². The van der Waals surface area contributed by atoms with Gasteiger partial charge in [-0.15, -0.1) is 0 Å². The van der Waals surface area contributed by atoms with Gasteiger partial charge in [-0.3, -0.25) is 14.4 Å². The Bertz CT molecular complexity index is 796. The molecular formula is C18H16BrClN2O4. The predicted octanol–water partition coefficient (Wildman–Crippen LogP) is 4.00. The van der Waals surface area contributed by atoms with E-state index < -0.39 is 18.5 Å². The van der Waals surface area contributed by atoms with Crippen LogP contribution in [0.4, 0.5) is 11.4 Å². The molecule has 0 radical (unpaired) electrons. The van der Waals surface area contributed by atoms with E-state index in [1.807, 2.05) is 0 Å². The maximum atomic E-state index is 11.8. The smallest absolute Gasteiger partial charge is 0.306 e. The van der Waals surface area contributed by atoms with Gasteiger partial charge in [0.2, 0.25) is 5.91 Å². The molecule has 8 heteroatoms. The molecular weight excluding hydrogens is 424 g/mol. The number of benzene rings is 2. The van der Waals surface area contributed by atoms with Gasteiger partial charge in [-0.05, 0) is 42.5 Å². The minimum atomic E-state index is -0.628. The van der Waals surface area contributed by atoms with E-state index in [0.717, 1.165) is 4.47 Å². The van der Waals surface area contributed by atoms with E-state index in [9.17, 15) is 14.4 Å². The van der Waals surface area contributed by atoms with Crippen molar-refractivity contribution in [3.8, 4) is 0 Å². The number of hydrogen-bond donors (Lipinski definition) is 2. The largest absolute Gasteiger partial charge is 0.456 e. The summed E-state index contributed by atoms with van der Waals surface area (Å²) in [5.74, 6) is -1.43. The Kier molecular flexibility index (Phi) is 7.62. The Balaban J connectivity index is 1.67. The second-order valence-corrected chi connectivity index (χ2v) is 6.63. The molecule has 2 aromatic carbocycles. The third kappa shape index (κ3) is 7.25. The molecule has 0 aliphatic rings. The maximum Gasteiger partial charge on any atom is 0.306 e. The van der Waals surface area contributed by atoms with Gasteiger partial charge in [0, 0.05) is 27.3 Å². The number of ether oxygens (including phenoxy) is 1. The third-order valence-electron chi connectivity index (χ3n) is 3.16. The number of anilines is 2. The number of esters is 1. The average molecular weight is 440 g/mol. The van der Waals surface area contributed by atoms with Crippen LogP contribution in [-0.2, 0) is 19.1 Å². The Hall–Kier alpha value is -2.38. The monoisotopic (exact) mass is 438 g/mol. The molecule has 0 spiro atoms. The summed E-state index contributed by atoms with van der Waals surface area (Å²) >= 11 is 9.12. The normalized spacial score (nSPS) is 10.1. The lowest BCUT2D eigenvalue weighted by Gasteiger charge is -2.07. The van der Waals surface area contributed by atoms with Gasteiger partial charge in [0.15, 0.2) is 6.61 Å². The molecule has 2 N–H and O–H groups in total. The van der Waals surface area contributed by atoms with Crippen LogP contribution in [0.2, 0.25) is 5.02 Å². The molecule has 0 aromatic heterocycles. The number of amides is 2. The summed E-state index contributed by atoms with van der Waals surface area (Å²) in [4.78, 5) is 35.2. The first kappa shape index (κ1) is 19.9. The highest BCUT2D eigenvalue weighted by Gasteiger charge is 2.11. The Morgan fingerprint density at radius 1 is 0.923 bits per heavy atom. The fourth-order valence-electron chi connectivity index (χ4n) is 1.95. The van der Waals surface area contributed by atoms with Crippen LogP contribution in [0.1, 0.15) is 12.8 Å². The molecule has 0 aliphatic carbocycles. The van der Waals surface area contributed by atoms with Gasteiger partial charge < -0.3 is 15.4 Å². The lowest BCUT2D eigenvalue weighted by Crippen LogP contribution is -2.21. The number of rotatable bonds is 7. The van der Waals surface area contributed by atoms with Gasteiger partial charge in [0.1, 0.15) is 0 Å². The zero-order valence-electron chi connectivity index (χ0n) is 13.6. The van der Waals surface area contributed by atoms with E-state index in [-0.39, 0.29) is 18.7 Å². The van der Waals surface area contributed by atoms with Gasteiger partial charge in [0.05, 0.1) is 6.42 Å². The molecule has 136 valence electrons. The second-order valence-electron chi connectivity index (χ2n) is 5.27. The molecule has 26 heavy (non-hydrogen) atoms. The SMILES string of the molecule is O=C(CCC(=O)OCC(=O)Nc1cccc(Cl)c1)Nc1ccc(Br)cc1. The minimum Gasteiger partial charge on any atom is -0.456 e. The summed E-state index contributed by atoms with van der Waals surface area (Å²) in [7, 11) is 0. The van der Waals surface area contributed by atoms with Crippen LogP contribution < -0.4 is 10.6 Å². The Morgan fingerprint density at radius 2 is 1.62 bits per heavy atom. The maximum absolute atomic E-state index is 11.8. The summed E-state index contributed by atoms with van der Waals surface area (Å²) in [6.07, 6.45) is -0.155. The van der Waals surface area contributed by atoms with E-state index in [0.29, 0.717) is 16.4 Å². The average Bonchev–Trinajstić information content (AvgIpc) is 2.60. The van der Waals surface area contributed by atoms with Gasteiger partial charge in [-0.2, -0.15) is 0 Å². The molecule has 0 atom stereocenters. The highest BCUT2D eigenvalue weighted by atomic mass is 79.9. The van der Waals surface area contributed by atoms with Crippen molar-refractivity contribution in [3.63, 3.8) is 0 Å². The molecule has 0 bridgehead atoms. The van der Waals surface area contributed by atoms with Crippen molar-refractivity contribution in [3.05, 3.63) is 58.0 Å². The predicted molar refractivity (Wildman–Crippen MR) is 103 cm³/mol. The van der Waals surface area contributed by atoms with E-state index in [2.05, 4.69) is 26.6 Å². The van der Waals surface area contributed by atoms with Crippen molar-refractivity contribution < 1.29 is 19.1 Å². The third-order valence-corrected chi connectivity index (χ3v) is 3.92. The van der Waals surface area contributed by atoms with Gasteiger partial charge in [-0.1, -0.05) is 33.6 Å². The van der Waals surface area contributed by atoms with Crippen LogP contribution in [0.5, 0.6) is 0 Å². The van der Waals surface area contributed by atoms with Crippen molar-refractivity contribution in [1.82, 2.24) is 0 Å². The Labute approximate surface area is 164 Å². The topological polar surface area (TPSA) is 84.5 Å². The summed E-state index contributed by atoms with van der Waals surface area (Å²) in [5, 5.41) is 5.71. The fourth-order valence-corrected chi connectivity index (χ4v) is 2.41. The molecule has 2 aromatic rings. The van der Waals surface area contributed by atoms with Crippen LogP contribution in [-0.4, -0.2) is 24.4 Å². The first-order valence-corrected chi connectivity index (χ1v) is 8.86. The fraction of sp³-hybridized carbons (Fsp3) is 0.167. The van der Waals surface area contributed by atoms with Gasteiger partial charge >= 0.3 is 5.97 Å². The molecule has 0 fully saturated rings. The molecule has 0 saturated carbocycles. The van der Waals surface area contributed by atoms with Gasteiger partial charge in [0.25, 0.3) is 5.91 Å².